The Morgan fingerprint density at radius 3 is 2.35 bits per heavy atom. The molecule has 1 aromatic heterocycles. The molecule has 3 rings (SSSR count). The van der Waals surface area contributed by atoms with Crippen LogP contribution in [0, 0.1) is 6.92 Å². The smallest absolute Gasteiger partial charge is 0.276 e. The van der Waals surface area contributed by atoms with Crippen molar-refractivity contribution in [3.63, 3.8) is 0 Å². The van der Waals surface area contributed by atoms with Crippen LogP contribution < -0.4 is 5.32 Å². The topological polar surface area (TPSA) is 75.2 Å². The molecule has 31 heavy (non-hydrogen) atoms. The van der Waals surface area contributed by atoms with Gasteiger partial charge in [0.1, 0.15) is 6.04 Å². The van der Waals surface area contributed by atoms with E-state index in [9.17, 15) is 9.59 Å². The molecule has 0 bridgehead atoms. The number of aromatic nitrogens is 2. The van der Waals surface area contributed by atoms with E-state index in [1.165, 1.54) is 0 Å². The molecule has 162 valence electrons. The Balaban J connectivity index is 2.00. The molecule has 0 aliphatic rings. The SMILES string of the molecule is Cc1ccccc1CCN(C(=O)c1csnn1)C(C(=O)NC(C)(C)C)c1ccccc1. The minimum absolute atomic E-state index is 0.222. The Morgan fingerprint density at radius 1 is 1.06 bits per heavy atom. The highest BCUT2D eigenvalue weighted by molar-refractivity contribution is 7.03. The van der Waals surface area contributed by atoms with E-state index in [-0.39, 0.29) is 17.5 Å². The average molecular weight is 437 g/mol. The highest BCUT2D eigenvalue weighted by Gasteiger charge is 2.34. The molecule has 0 fully saturated rings. The number of benzene rings is 2. The third-order valence-corrected chi connectivity index (χ3v) is 5.40. The molecule has 0 radical (unpaired) electrons. The lowest BCUT2D eigenvalue weighted by Crippen LogP contribution is -2.49. The van der Waals surface area contributed by atoms with E-state index >= 15 is 0 Å². The first-order chi connectivity index (χ1) is 14.8. The Bertz CT molecular complexity index is 1010. The predicted molar refractivity (Wildman–Crippen MR) is 123 cm³/mol. The summed E-state index contributed by atoms with van der Waals surface area (Å²) in [5.41, 5.74) is 2.86. The molecule has 0 spiro atoms. The summed E-state index contributed by atoms with van der Waals surface area (Å²) in [5, 5.41) is 8.62. The Hall–Kier alpha value is -3.06. The van der Waals surface area contributed by atoms with Crippen molar-refractivity contribution in [2.45, 2.75) is 45.7 Å². The van der Waals surface area contributed by atoms with Crippen LogP contribution in [0.25, 0.3) is 0 Å². The molecule has 0 saturated heterocycles. The van der Waals surface area contributed by atoms with Crippen molar-refractivity contribution in [3.05, 3.63) is 82.4 Å². The van der Waals surface area contributed by atoms with Crippen LogP contribution in [0.4, 0.5) is 0 Å². The van der Waals surface area contributed by atoms with Crippen molar-refractivity contribution in [3.8, 4) is 0 Å². The van der Waals surface area contributed by atoms with E-state index in [0.29, 0.717) is 13.0 Å². The second-order valence-corrected chi connectivity index (χ2v) is 9.13. The fourth-order valence-corrected chi connectivity index (χ4v) is 3.86. The van der Waals surface area contributed by atoms with Gasteiger partial charge in [-0.2, -0.15) is 0 Å². The lowest BCUT2D eigenvalue weighted by molar-refractivity contribution is -0.127. The molecule has 6 nitrogen and oxygen atoms in total. The summed E-state index contributed by atoms with van der Waals surface area (Å²) in [6, 6.07) is 16.7. The summed E-state index contributed by atoms with van der Waals surface area (Å²) < 4.78 is 3.84. The van der Waals surface area contributed by atoms with Gasteiger partial charge in [-0.15, -0.1) is 5.10 Å². The summed E-state index contributed by atoms with van der Waals surface area (Å²) in [6.45, 7) is 8.20. The quantitative estimate of drug-likeness (QED) is 0.603. The number of carbonyl (C=O) groups is 2. The van der Waals surface area contributed by atoms with E-state index in [2.05, 4.69) is 21.0 Å². The number of aryl methyl sites for hydroxylation is 1. The summed E-state index contributed by atoms with van der Waals surface area (Å²) in [4.78, 5) is 28.5. The highest BCUT2D eigenvalue weighted by atomic mass is 32.1. The van der Waals surface area contributed by atoms with Crippen molar-refractivity contribution in [2.75, 3.05) is 6.54 Å². The van der Waals surface area contributed by atoms with Crippen LogP contribution in [0.5, 0.6) is 0 Å². The Kier molecular flexibility index (Phi) is 7.17. The average Bonchev–Trinajstić information content (AvgIpc) is 3.26. The first-order valence-electron chi connectivity index (χ1n) is 10.3. The molecule has 0 aliphatic carbocycles. The minimum Gasteiger partial charge on any atom is -0.349 e. The van der Waals surface area contributed by atoms with E-state index in [0.717, 1.165) is 28.2 Å². The van der Waals surface area contributed by atoms with Gasteiger partial charge in [0.2, 0.25) is 5.91 Å². The van der Waals surface area contributed by atoms with Gasteiger partial charge in [0.15, 0.2) is 5.69 Å². The minimum atomic E-state index is -0.779. The molecule has 1 atom stereocenters. The molecule has 0 aliphatic heterocycles. The van der Waals surface area contributed by atoms with Gasteiger partial charge in [0, 0.05) is 17.5 Å². The van der Waals surface area contributed by atoms with Crippen LogP contribution in [-0.4, -0.2) is 38.4 Å². The largest absolute Gasteiger partial charge is 0.349 e. The summed E-state index contributed by atoms with van der Waals surface area (Å²) in [6.07, 6.45) is 0.627. The lowest BCUT2D eigenvalue weighted by atomic mass is 10.00. The molecule has 2 aromatic carbocycles. The van der Waals surface area contributed by atoms with E-state index in [4.69, 9.17) is 0 Å². The van der Waals surface area contributed by atoms with Crippen molar-refractivity contribution in [1.82, 2.24) is 19.8 Å². The van der Waals surface area contributed by atoms with Gasteiger partial charge in [0.05, 0.1) is 0 Å². The summed E-state index contributed by atoms with van der Waals surface area (Å²) >= 11 is 1.12. The van der Waals surface area contributed by atoms with Crippen LogP contribution in [-0.2, 0) is 11.2 Å². The van der Waals surface area contributed by atoms with E-state index in [1.54, 1.807) is 10.3 Å². The van der Waals surface area contributed by atoms with Gasteiger partial charge in [-0.25, -0.2) is 0 Å². The molecule has 0 saturated carbocycles. The maximum atomic E-state index is 13.4. The van der Waals surface area contributed by atoms with Gasteiger partial charge in [-0.3, -0.25) is 9.59 Å². The van der Waals surface area contributed by atoms with Gasteiger partial charge in [-0.05, 0) is 62.3 Å². The number of nitrogens with one attached hydrogen (secondary N) is 1. The van der Waals surface area contributed by atoms with Crippen LogP contribution >= 0.6 is 11.5 Å². The third kappa shape index (κ3) is 5.98. The molecule has 2 amide bonds. The number of rotatable bonds is 7. The number of carbonyl (C=O) groups excluding carboxylic acids is 2. The standard InChI is InChI=1S/C24H28N4O2S/c1-17-10-8-9-11-18(17)14-15-28(23(30)20-16-31-27-26-20)21(19-12-6-5-7-13-19)22(29)25-24(2,3)4/h5-13,16,21H,14-15H2,1-4H3,(H,25,29). The van der Waals surface area contributed by atoms with Crippen molar-refractivity contribution in [2.24, 2.45) is 0 Å². The fourth-order valence-electron chi connectivity index (χ4n) is 3.43. The Labute approximate surface area is 187 Å². The van der Waals surface area contributed by atoms with Gasteiger partial charge in [-0.1, -0.05) is 59.1 Å². The van der Waals surface area contributed by atoms with Crippen LogP contribution in [0.1, 0.15) is 54.0 Å². The zero-order chi connectivity index (χ0) is 22.4. The van der Waals surface area contributed by atoms with Crippen LogP contribution in [0.3, 0.4) is 0 Å². The summed E-state index contributed by atoms with van der Waals surface area (Å²) in [5.74, 6) is -0.528. The third-order valence-electron chi connectivity index (χ3n) is 4.90. The van der Waals surface area contributed by atoms with E-state index in [1.807, 2.05) is 76.2 Å². The summed E-state index contributed by atoms with van der Waals surface area (Å²) in [7, 11) is 0. The number of hydrogen-bond donors (Lipinski definition) is 1. The van der Waals surface area contributed by atoms with Crippen LogP contribution in [0.2, 0.25) is 0 Å². The molecule has 3 aromatic rings. The van der Waals surface area contributed by atoms with Crippen molar-refractivity contribution >= 4 is 23.3 Å². The molecular weight excluding hydrogens is 408 g/mol. The maximum absolute atomic E-state index is 13.4. The highest BCUT2D eigenvalue weighted by Crippen LogP contribution is 2.25. The molecule has 1 heterocycles. The number of hydrogen-bond acceptors (Lipinski definition) is 5. The van der Waals surface area contributed by atoms with Crippen molar-refractivity contribution < 1.29 is 9.59 Å². The number of amides is 2. The molecule has 1 unspecified atom stereocenters. The second-order valence-electron chi connectivity index (χ2n) is 8.52. The van der Waals surface area contributed by atoms with E-state index < -0.39 is 11.6 Å². The fraction of sp³-hybridized carbons (Fsp3) is 0.333. The first kappa shape index (κ1) is 22.6. The predicted octanol–water partition coefficient (Wildman–Crippen LogP) is 4.19. The lowest BCUT2D eigenvalue weighted by Gasteiger charge is -2.33. The number of nitrogens with zero attached hydrogens (tertiary/aromatic N) is 3. The zero-order valence-electron chi connectivity index (χ0n) is 18.3. The van der Waals surface area contributed by atoms with Gasteiger partial charge >= 0.3 is 0 Å². The first-order valence-corrected chi connectivity index (χ1v) is 11.1. The normalized spacial score (nSPS) is 12.3. The molecule has 7 heteroatoms. The second kappa shape index (κ2) is 9.83. The molecular formula is C24H28N4O2S. The van der Waals surface area contributed by atoms with Crippen molar-refractivity contribution in [1.29, 1.82) is 0 Å². The zero-order valence-corrected chi connectivity index (χ0v) is 19.1. The maximum Gasteiger partial charge on any atom is 0.276 e. The molecule has 1 N–H and O–H groups in total. The monoisotopic (exact) mass is 436 g/mol. The van der Waals surface area contributed by atoms with Crippen LogP contribution in [0.15, 0.2) is 60.0 Å². The van der Waals surface area contributed by atoms with Gasteiger partial charge < -0.3 is 10.2 Å². The van der Waals surface area contributed by atoms with Gasteiger partial charge in [0.25, 0.3) is 5.91 Å². The Morgan fingerprint density at radius 2 is 1.74 bits per heavy atom.